The molecule has 12 nitrogen and oxygen atoms in total. The molecule has 12 heteroatoms. The van der Waals surface area contributed by atoms with Crippen molar-refractivity contribution in [3.63, 3.8) is 0 Å². The molecule has 0 spiro atoms. The molecule has 8 aromatic heterocycles. The first-order valence-electron chi connectivity index (χ1n) is 37.5. The lowest BCUT2D eigenvalue weighted by Gasteiger charge is -2.20. The van der Waals surface area contributed by atoms with E-state index in [2.05, 4.69) is 348 Å². The average Bonchev–Trinajstić information content (AvgIpc) is 0.780. The Labute approximate surface area is 643 Å². The maximum atomic E-state index is 4.54. The van der Waals surface area contributed by atoms with Gasteiger partial charge in [-0.25, -0.2) is 19.9 Å². The van der Waals surface area contributed by atoms with Gasteiger partial charge in [0.25, 0.3) is 0 Å². The second-order valence-corrected chi connectivity index (χ2v) is 35.5. The van der Waals surface area contributed by atoms with Crippen LogP contribution < -0.4 is 0 Å². The van der Waals surface area contributed by atoms with Crippen LogP contribution in [0.3, 0.4) is 0 Å². The molecular weight excluding hydrogens is 1320 g/mol. The first-order valence-corrected chi connectivity index (χ1v) is 37.5. The van der Waals surface area contributed by atoms with Crippen molar-refractivity contribution in [2.75, 3.05) is 0 Å². The molecule has 0 N–H and O–H groups in total. The number of aromatic nitrogens is 12. The molecule has 558 valence electrons. The van der Waals surface area contributed by atoms with Crippen LogP contribution in [0, 0.1) is 0 Å². The van der Waals surface area contributed by atoms with Crippen molar-refractivity contribution in [3.05, 3.63) is 302 Å². The summed E-state index contributed by atoms with van der Waals surface area (Å²) in [6.45, 7) is 52.2. The van der Waals surface area contributed by atoms with Crippen molar-refractivity contribution in [2.45, 2.75) is 209 Å². The lowest BCUT2D eigenvalue weighted by atomic mass is 9.85. The number of nitrogens with zero attached hydrogens (tertiary/aromatic N) is 12. The number of hydrogen-bond acceptors (Lipinski definition) is 12. The second kappa shape index (κ2) is 35.3. The number of pyridine rings is 4. The van der Waals surface area contributed by atoms with E-state index in [4.69, 9.17) is 0 Å². The first-order chi connectivity index (χ1) is 50.7. The Balaban J connectivity index is 0.000000156. The summed E-state index contributed by atoms with van der Waals surface area (Å²) in [5, 5.41) is 31.0. The molecule has 0 fully saturated rings. The SMILES string of the molecule is CC(C)(C)c1cc2ccccc2cn1.CC(C)(C)c1ccncc1.CC(C)(C)c1cncc2ccccc12.CC(C)(C)c1ncc2ccccc2n1.CC(C)(C)c1nccc2ccccc12.CC(C)(C)c1ncnc2ccccc12.CC(C)(C)c1nncc2ccccc12.CC(C)(C)c1nncc2ccccc12. The highest BCUT2D eigenvalue weighted by Crippen LogP contribution is 2.33. The summed E-state index contributed by atoms with van der Waals surface area (Å²) in [5.41, 5.74) is 11.1. The number of rotatable bonds is 0. The summed E-state index contributed by atoms with van der Waals surface area (Å²) in [7, 11) is 0. The van der Waals surface area contributed by atoms with Gasteiger partial charge in [-0.2, -0.15) is 20.4 Å². The van der Waals surface area contributed by atoms with E-state index in [1.807, 2.05) is 129 Å². The van der Waals surface area contributed by atoms with Crippen molar-refractivity contribution in [3.8, 4) is 0 Å². The van der Waals surface area contributed by atoms with Gasteiger partial charge in [-0.05, 0) is 74.5 Å². The molecule has 0 atom stereocenters. The molecule has 0 radical (unpaired) electrons. The summed E-state index contributed by atoms with van der Waals surface area (Å²) >= 11 is 0. The predicted molar refractivity (Wildman–Crippen MR) is 457 cm³/mol. The van der Waals surface area contributed by atoms with Crippen LogP contribution in [0.15, 0.2) is 256 Å². The Morgan fingerprint density at radius 2 is 0.657 bits per heavy atom. The van der Waals surface area contributed by atoms with Crippen molar-refractivity contribution >= 4 is 75.7 Å². The highest BCUT2D eigenvalue weighted by molar-refractivity contribution is 5.88. The zero-order valence-corrected chi connectivity index (χ0v) is 68.6. The number of fused-ring (bicyclic) bond motifs is 7. The molecule has 0 amide bonds. The van der Waals surface area contributed by atoms with Crippen LogP contribution in [0.5, 0.6) is 0 Å². The van der Waals surface area contributed by atoms with Gasteiger partial charge in [0.15, 0.2) is 0 Å². The largest absolute Gasteiger partial charge is 0.265 e. The maximum absolute atomic E-state index is 4.54. The Hall–Kier alpha value is -10.7. The fourth-order valence-electron chi connectivity index (χ4n) is 11.9. The average molecular weight is 1440 g/mol. The highest BCUT2D eigenvalue weighted by Gasteiger charge is 2.24. The molecule has 0 aliphatic rings. The third-order valence-electron chi connectivity index (χ3n) is 17.8. The molecule has 0 saturated heterocycles. The number of para-hydroxylation sites is 2. The van der Waals surface area contributed by atoms with E-state index in [9.17, 15) is 0 Å². The zero-order chi connectivity index (χ0) is 78.9. The predicted octanol–water partition coefficient (Wildman–Crippen LogP) is 24.7. The minimum atomic E-state index is 0.0179. The lowest BCUT2D eigenvalue weighted by molar-refractivity contribution is 0.548. The van der Waals surface area contributed by atoms with Crippen LogP contribution in [0.1, 0.15) is 212 Å². The van der Waals surface area contributed by atoms with Gasteiger partial charge in [0.05, 0.1) is 46.2 Å². The van der Waals surface area contributed by atoms with E-state index in [0.717, 1.165) is 61.2 Å². The van der Waals surface area contributed by atoms with Crippen molar-refractivity contribution in [2.24, 2.45) is 0 Å². The van der Waals surface area contributed by atoms with Crippen LogP contribution in [0.25, 0.3) is 75.7 Å². The van der Waals surface area contributed by atoms with Crippen LogP contribution in [-0.2, 0) is 43.3 Å². The van der Waals surface area contributed by atoms with Gasteiger partial charge in [0.2, 0.25) is 0 Å². The molecule has 0 bridgehead atoms. The van der Waals surface area contributed by atoms with Crippen molar-refractivity contribution in [1.29, 1.82) is 0 Å². The Bertz CT molecular complexity index is 4730. The van der Waals surface area contributed by atoms with Gasteiger partial charge in [-0.3, -0.25) is 19.9 Å². The van der Waals surface area contributed by atoms with Crippen LogP contribution in [0.2, 0.25) is 0 Å². The minimum absolute atomic E-state index is 0.0179. The van der Waals surface area contributed by atoms with Gasteiger partial charge < -0.3 is 0 Å². The molecule has 15 rings (SSSR count). The lowest BCUT2D eigenvalue weighted by Crippen LogP contribution is -2.15. The number of hydrogen-bond donors (Lipinski definition) is 0. The monoisotopic (exact) mass is 1430 g/mol. The fourth-order valence-corrected chi connectivity index (χ4v) is 11.9. The zero-order valence-electron chi connectivity index (χ0n) is 68.6. The van der Waals surface area contributed by atoms with Crippen LogP contribution in [0.4, 0.5) is 0 Å². The molecule has 0 aliphatic carbocycles. The molecule has 7 aromatic carbocycles. The summed E-state index contributed by atoms with van der Waals surface area (Å²) < 4.78 is 0. The highest BCUT2D eigenvalue weighted by atomic mass is 15.1. The quantitative estimate of drug-likeness (QED) is 0.142. The van der Waals surface area contributed by atoms with E-state index in [-0.39, 0.29) is 43.3 Å². The molecular formula is C96H114N12. The van der Waals surface area contributed by atoms with Gasteiger partial charge >= 0.3 is 0 Å². The van der Waals surface area contributed by atoms with Crippen LogP contribution in [-0.4, -0.2) is 60.3 Å². The van der Waals surface area contributed by atoms with E-state index >= 15 is 0 Å². The second-order valence-electron chi connectivity index (χ2n) is 35.5. The van der Waals surface area contributed by atoms with Crippen molar-refractivity contribution < 1.29 is 0 Å². The van der Waals surface area contributed by atoms with E-state index in [1.165, 1.54) is 59.9 Å². The summed E-state index contributed by atoms with van der Waals surface area (Å²) in [4.78, 5) is 34.7. The molecule has 0 aliphatic heterocycles. The Morgan fingerprint density at radius 3 is 1.14 bits per heavy atom. The van der Waals surface area contributed by atoms with E-state index < -0.39 is 0 Å². The molecule has 0 unspecified atom stereocenters. The summed E-state index contributed by atoms with van der Waals surface area (Å²) in [6, 6.07) is 66.1. The molecule has 8 heterocycles. The maximum Gasteiger partial charge on any atom is 0.134 e. The summed E-state index contributed by atoms with van der Waals surface area (Å²) in [6.07, 6.45) is 18.6. The van der Waals surface area contributed by atoms with Crippen molar-refractivity contribution in [1.82, 2.24) is 60.3 Å². The standard InChI is InChI=1S/3C13H15N.4C12H14N2.C9H13N/c1-13(2,3)12-9-14-8-10-6-4-5-7-11(10)12;1-13(2,3)12-8-10-6-4-5-7-11(10)9-14-12;1-13(2,3)12-11-7-5-4-6-10(11)8-9-14-12;1-12(2,3)11-9-6-4-5-7-10(9)13-8-14-11;1-12(2,3)11-13-8-9-6-4-5-7-10(9)14-11;2*1-12(2,3)11-10-7-5-4-6-9(10)8-13-14-11;1-9(2,3)8-4-6-10-7-5-8/h3*4-9H,1-3H3;4*4-8H,1-3H3;4-7H,1-3H3. The normalized spacial score (nSPS) is 11.9. The third kappa shape index (κ3) is 23.4. The summed E-state index contributed by atoms with van der Waals surface area (Å²) in [5.74, 6) is 0.899. The van der Waals surface area contributed by atoms with Gasteiger partial charge in [0, 0.05) is 130 Å². The minimum Gasteiger partial charge on any atom is -0.265 e. The van der Waals surface area contributed by atoms with E-state index in [1.54, 1.807) is 6.33 Å². The smallest absolute Gasteiger partial charge is 0.134 e. The molecule has 108 heavy (non-hydrogen) atoms. The fraction of sp³-hybridized carbons (Fsp3) is 0.333. The Morgan fingerprint density at radius 1 is 0.241 bits per heavy atom. The van der Waals surface area contributed by atoms with Gasteiger partial charge in [0.1, 0.15) is 12.2 Å². The first kappa shape index (κ1) is 82.9. The van der Waals surface area contributed by atoms with Crippen LogP contribution >= 0.6 is 0 Å². The Kier molecular flexibility index (Phi) is 27.1. The van der Waals surface area contributed by atoms with E-state index in [0.29, 0.717) is 0 Å². The third-order valence-corrected chi connectivity index (χ3v) is 17.8. The topological polar surface area (TPSA) is 155 Å². The molecule has 0 saturated carbocycles. The van der Waals surface area contributed by atoms with Gasteiger partial charge in [-0.1, -0.05) is 324 Å². The van der Waals surface area contributed by atoms with Gasteiger partial charge in [-0.15, -0.1) is 0 Å². The number of benzene rings is 7. The molecule has 15 aromatic rings.